The summed E-state index contributed by atoms with van der Waals surface area (Å²) in [6, 6.07) is 15.4. The first-order chi connectivity index (χ1) is 12.1. The highest BCUT2D eigenvalue weighted by Crippen LogP contribution is 2.19. The number of nitrogens with one attached hydrogen (secondary N) is 1. The van der Waals surface area contributed by atoms with E-state index in [2.05, 4.69) is 26.3 Å². The van der Waals surface area contributed by atoms with Crippen LogP contribution < -0.4 is 10.1 Å². The number of hydrogen-bond acceptors (Lipinski definition) is 3. The van der Waals surface area contributed by atoms with E-state index in [0.717, 1.165) is 10.0 Å². The minimum atomic E-state index is -0.505. The number of hydrogen-bond donors (Lipinski definition) is 1. The molecule has 0 aliphatic rings. The van der Waals surface area contributed by atoms with Crippen LogP contribution in [0.4, 0.5) is 10.2 Å². The summed E-state index contributed by atoms with van der Waals surface area (Å²) in [6.45, 7) is 0.208. The van der Waals surface area contributed by atoms with E-state index < -0.39 is 11.7 Å². The Morgan fingerprint density at radius 1 is 1.16 bits per heavy atom. The lowest BCUT2D eigenvalue weighted by Gasteiger charge is -2.11. The van der Waals surface area contributed by atoms with E-state index >= 15 is 0 Å². The Kier molecular flexibility index (Phi) is 5.45. The lowest BCUT2D eigenvalue weighted by molar-refractivity contribution is -0.118. The molecule has 0 bridgehead atoms. The molecule has 0 fully saturated rings. The van der Waals surface area contributed by atoms with Gasteiger partial charge in [-0.25, -0.2) is 9.07 Å². The predicted octanol–water partition coefficient (Wildman–Crippen LogP) is 3.85. The number of carbonyl (C=O) groups excluding carboxylic acids is 1. The summed E-state index contributed by atoms with van der Waals surface area (Å²) in [7, 11) is 0. The molecule has 7 heteroatoms. The molecule has 3 rings (SSSR count). The van der Waals surface area contributed by atoms with Gasteiger partial charge >= 0.3 is 0 Å². The van der Waals surface area contributed by atoms with Gasteiger partial charge in [0.15, 0.2) is 18.2 Å². The van der Waals surface area contributed by atoms with Gasteiger partial charge in [0.1, 0.15) is 5.82 Å². The van der Waals surface area contributed by atoms with Crippen LogP contribution in [0.3, 0.4) is 0 Å². The molecule has 0 saturated carbocycles. The first kappa shape index (κ1) is 17.2. The number of anilines is 1. The summed E-state index contributed by atoms with van der Waals surface area (Å²) in [4.78, 5) is 12.1. The molecule has 3 aromatic rings. The summed E-state index contributed by atoms with van der Waals surface area (Å²) in [5, 5.41) is 6.94. The Morgan fingerprint density at radius 2 is 1.92 bits per heavy atom. The van der Waals surface area contributed by atoms with E-state index in [1.54, 1.807) is 29.1 Å². The van der Waals surface area contributed by atoms with Crippen LogP contribution in [-0.4, -0.2) is 22.3 Å². The van der Waals surface area contributed by atoms with Gasteiger partial charge in [-0.15, -0.1) is 0 Å². The van der Waals surface area contributed by atoms with Gasteiger partial charge in [0, 0.05) is 10.5 Å². The SMILES string of the molecule is O=C(COc1ccccc1F)Nc1ccnn1Cc1ccccc1Br. The number of nitrogens with zero attached hydrogens (tertiary/aromatic N) is 2. The Labute approximate surface area is 152 Å². The molecule has 25 heavy (non-hydrogen) atoms. The lowest BCUT2D eigenvalue weighted by Crippen LogP contribution is -2.22. The Morgan fingerprint density at radius 3 is 2.72 bits per heavy atom. The third kappa shape index (κ3) is 4.45. The van der Waals surface area contributed by atoms with Crippen LogP contribution in [0.2, 0.25) is 0 Å². The Hall–Kier alpha value is -2.67. The molecule has 1 amide bonds. The average molecular weight is 404 g/mol. The van der Waals surface area contributed by atoms with Gasteiger partial charge in [0.2, 0.25) is 0 Å². The fourth-order valence-electron chi connectivity index (χ4n) is 2.24. The third-order valence-electron chi connectivity index (χ3n) is 3.46. The zero-order chi connectivity index (χ0) is 17.6. The molecule has 0 aliphatic carbocycles. The summed E-state index contributed by atoms with van der Waals surface area (Å²) >= 11 is 3.49. The number of amides is 1. The molecule has 2 aromatic carbocycles. The molecule has 0 atom stereocenters. The highest BCUT2D eigenvalue weighted by molar-refractivity contribution is 9.10. The fraction of sp³-hybridized carbons (Fsp3) is 0.111. The number of benzene rings is 2. The number of carbonyl (C=O) groups is 1. The van der Waals surface area contributed by atoms with E-state index in [1.165, 1.54) is 12.1 Å². The van der Waals surface area contributed by atoms with E-state index in [-0.39, 0.29) is 12.4 Å². The number of ether oxygens (including phenoxy) is 1. The van der Waals surface area contributed by atoms with Crippen molar-refractivity contribution in [1.82, 2.24) is 9.78 Å². The van der Waals surface area contributed by atoms with E-state index in [4.69, 9.17) is 4.74 Å². The predicted molar refractivity (Wildman–Crippen MR) is 96.0 cm³/mol. The van der Waals surface area contributed by atoms with Crippen LogP contribution in [0.5, 0.6) is 5.75 Å². The largest absolute Gasteiger partial charge is 0.481 e. The molecule has 1 aromatic heterocycles. The Balaban J connectivity index is 1.62. The number of halogens is 2. The highest BCUT2D eigenvalue weighted by Gasteiger charge is 2.11. The maximum absolute atomic E-state index is 13.5. The average Bonchev–Trinajstić information content (AvgIpc) is 3.03. The van der Waals surface area contributed by atoms with Crippen molar-refractivity contribution >= 4 is 27.7 Å². The molecule has 1 heterocycles. The van der Waals surface area contributed by atoms with Gasteiger partial charge < -0.3 is 10.1 Å². The zero-order valence-electron chi connectivity index (χ0n) is 13.2. The maximum Gasteiger partial charge on any atom is 0.263 e. The normalized spacial score (nSPS) is 10.5. The van der Waals surface area contributed by atoms with Crippen molar-refractivity contribution in [2.75, 3.05) is 11.9 Å². The summed E-state index contributed by atoms with van der Waals surface area (Å²) in [6.07, 6.45) is 1.60. The van der Waals surface area contributed by atoms with Gasteiger partial charge in [-0.1, -0.05) is 46.3 Å². The topological polar surface area (TPSA) is 56.1 Å². The summed E-state index contributed by atoms with van der Waals surface area (Å²) < 4.78 is 21.3. The molecule has 0 aliphatic heterocycles. The van der Waals surface area contributed by atoms with Crippen LogP contribution in [-0.2, 0) is 11.3 Å². The smallest absolute Gasteiger partial charge is 0.263 e. The van der Waals surface area contributed by atoms with Crippen LogP contribution in [0, 0.1) is 5.82 Å². The van der Waals surface area contributed by atoms with Crippen molar-refractivity contribution < 1.29 is 13.9 Å². The van der Waals surface area contributed by atoms with Crippen LogP contribution >= 0.6 is 15.9 Å². The van der Waals surface area contributed by atoms with Gasteiger partial charge in [0.05, 0.1) is 12.7 Å². The first-order valence-electron chi connectivity index (χ1n) is 7.56. The van der Waals surface area contributed by atoms with Gasteiger partial charge in [0.25, 0.3) is 5.91 Å². The quantitative estimate of drug-likeness (QED) is 0.679. The molecule has 0 unspecified atom stereocenters. The second-order valence-electron chi connectivity index (χ2n) is 5.23. The van der Waals surface area contributed by atoms with Crippen LogP contribution in [0.25, 0.3) is 0 Å². The monoisotopic (exact) mass is 403 g/mol. The number of aromatic nitrogens is 2. The standard InChI is InChI=1S/C18H15BrFN3O2/c19-14-6-2-1-5-13(14)11-23-17(9-10-21-23)22-18(24)12-25-16-8-4-3-7-15(16)20/h1-10H,11-12H2,(H,22,24). The maximum atomic E-state index is 13.5. The third-order valence-corrected chi connectivity index (χ3v) is 4.23. The van der Waals surface area contributed by atoms with Crippen molar-refractivity contribution in [2.24, 2.45) is 0 Å². The molecule has 5 nitrogen and oxygen atoms in total. The minimum absolute atomic E-state index is 0.0411. The molecule has 0 saturated heterocycles. The fourth-order valence-corrected chi connectivity index (χ4v) is 2.65. The zero-order valence-corrected chi connectivity index (χ0v) is 14.7. The summed E-state index contributed by atoms with van der Waals surface area (Å²) in [5.74, 6) is -0.316. The van der Waals surface area contributed by atoms with Crippen molar-refractivity contribution in [3.05, 3.63) is 76.6 Å². The van der Waals surface area contributed by atoms with Crippen molar-refractivity contribution in [2.45, 2.75) is 6.54 Å². The second kappa shape index (κ2) is 7.94. The second-order valence-corrected chi connectivity index (χ2v) is 6.09. The highest BCUT2D eigenvalue weighted by atomic mass is 79.9. The molecule has 0 spiro atoms. The minimum Gasteiger partial charge on any atom is -0.481 e. The lowest BCUT2D eigenvalue weighted by atomic mass is 10.2. The van der Waals surface area contributed by atoms with Gasteiger partial charge in [-0.2, -0.15) is 5.10 Å². The number of para-hydroxylation sites is 1. The van der Waals surface area contributed by atoms with Crippen molar-refractivity contribution in [3.8, 4) is 5.75 Å². The molecule has 128 valence electrons. The van der Waals surface area contributed by atoms with Crippen LogP contribution in [0.15, 0.2) is 65.3 Å². The Bertz CT molecular complexity index is 882. The molecular weight excluding hydrogens is 389 g/mol. The molecule has 0 radical (unpaired) electrons. The van der Waals surface area contributed by atoms with Gasteiger partial charge in [-0.05, 0) is 23.8 Å². The van der Waals surface area contributed by atoms with Crippen LogP contribution in [0.1, 0.15) is 5.56 Å². The first-order valence-corrected chi connectivity index (χ1v) is 8.35. The molecule has 1 N–H and O–H groups in total. The van der Waals surface area contributed by atoms with E-state index in [9.17, 15) is 9.18 Å². The van der Waals surface area contributed by atoms with E-state index in [1.807, 2.05) is 24.3 Å². The number of rotatable bonds is 6. The van der Waals surface area contributed by atoms with Crippen molar-refractivity contribution in [3.63, 3.8) is 0 Å². The van der Waals surface area contributed by atoms with Crippen molar-refractivity contribution in [1.29, 1.82) is 0 Å². The van der Waals surface area contributed by atoms with E-state index in [0.29, 0.717) is 12.4 Å². The van der Waals surface area contributed by atoms with Gasteiger partial charge in [-0.3, -0.25) is 4.79 Å². The molecular formula is C18H15BrFN3O2. The summed E-state index contributed by atoms with van der Waals surface area (Å²) in [5.41, 5.74) is 1.03.